The second-order valence-corrected chi connectivity index (χ2v) is 5.01. The van der Waals surface area contributed by atoms with E-state index in [0.717, 1.165) is 31.7 Å². The summed E-state index contributed by atoms with van der Waals surface area (Å²) < 4.78 is 5.77. The third-order valence-electron chi connectivity index (χ3n) is 3.46. The van der Waals surface area contributed by atoms with Crippen molar-refractivity contribution in [1.82, 2.24) is 4.90 Å². The third kappa shape index (κ3) is 4.24. The second-order valence-electron chi connectivity index (χ2n) is 5.01. The molecule has 1 aliphatic heterocycles. The molecule has 4 nitrogen and oxygen atoms in total. The maximum atomic E-state index is 11.8. The smallest absolute Gasteiger partial charge is 0.223 e. The van der Waals surface area contributed by atoms with Crippen LogP contribution in [0.3, 0.4) is 0 Å². The van der Waals surface area contributed by atoms with Gasteiger partial charge in [-0.1, -0.05) is 18.2 Å². The first-order valence-corrected chi connectivity index (χ1v) is 6.95. The van der Waals surface area contributed by atoms with Gasteiger partial charge in [0.05, 0.1) is 6.61 Å². The highest BCUT2D eigenvalue weighted by Crippen LogP contribution is 2.19. The third-order valence-corrected chi connectivity index (χ3v) is 3.46. The predicted molar refractivity (Wildman–Crippen MR) is 74.9 cm³/mol. The molecule has 4 heteroatoms. The predicted octanol–water partition coefficient (Wildman–Crippen LogP) is 1.65. The van der Waals surface area contributed by atoms with Gasteiger partial charge in [0.1, 0.15) is 5.75 Å². The fourth-order valence-corrected chi connectivity index (χ4v) is 2.44. The minimum absolute atomic E-state index is 0.173. The Labute approximate surface area is 114 Å². The largest absolute Gasteiger partial charge is 0.493 e. The number of hydrogen-bond acceptors (Lipinski definition) is 3. The summed E-state index contributed by atoms with van der Waals surface area (Å²) in [6.07, 6.45) is 2.63. The highest BCUT2D eigenvalue weighted by Gasteiger charge is 2.23. The number of ether oxygens (including phenoxy) is 1. The molecule has 0 saturated carbocycles. The van der Waals surface area contributed by atoms with Crippen LogP contribution in [-0.4, -0.2) is 37.0 Å². The summed E-state index contributed by atoms with van der Waals surface area (Å²) in [5.74, 6) is 1.50. The van der Waals surface area contributed by atoms with Crippen molar-refractivity contribution in [3.8, 4) is 5.75 Å². The molecule has 2 N–H and O–H groups in total. The average Bonchev–Trinajstić information content (AvgIpc) is 2.47. The van der Waals surface area contributed by atoms with Crippen molar-refractivity contribution in [3.63, 3.8) is 0 Å². The van der Waals surface area contributed by atoms with Crippen LogP contribution in [0, 0.1) is 5.92 Å². The van der Waals surface area contributed by atoms with Gasteiger partial charge in [0, 0.05) is 32.0 Å². The van der Waals surface area contributed by atoms with E-state index in [0.29, 0.717) is 25.5 Å². The van der Waals surface area contributed by atoms with Gasteiger partial charge in [-0.3, -0.25) is 4.79 Å². The zero-order valence-electron chi connectivity index (χ0n) is 11.3. The van der Waals surface area contributed by atoms with Gasteiger partial charge in [-0.25, -0.2) is 0 Å². The molecule has 1 aliphatic rings. The highest BCUT2D eigenvalue weighted by atomic mass is 16.5. The van der Waals surface area contributed by atoms with Crippen molar-refractivity contribution in [3.05, 3.63) is 30.3 Å². The Kier molecular flexibility index (Phi) is 5.21. The molecule has 1 unspecified atom stereocenters. The first-order valence-electron chi connectivity index (χ1n) is 6.95. The molecule has 1 heterocycles. The zero-order valence-corrected chi connectivity index (χ0v) is 11.3. The summed E-state index contributed by atoms with van der Waals surface area (Å²) in [5, 5.41) is 0. The van der Waals surface area contributed by atoms with Crippen LogP contribution >= 0.6 is 0 Å². The van der Waals surface area contributed by atoms with E-state index in [1.54, 1.807) is 0 Å². The summed E-state index contributed by atoms with van der Waals surface area (Å²) in [5.41, 5.74) is 5.43. The molecule has 1 aromatic rings. The summed E-state index contributed by atoms with van der Waals surface area (Å²) in [6.45, 7) is 2.77. The number of likely N-dealkylation sites (tertiary alicyclic amines) is 1. The number of carbonyl (C=O) groups excluding carboxylic acids is 1. The van der Waals surface area contributed by atoms with Crippen molar-refractivity contribution in [1.29, 1.82) is 0 Å². The van der Waals surface area contributed by atoms with E-state index in [1.165, 1.54) is 0 Å². The minimum atomic E-state index is 0.173. The Morgan fingerprint density at radius 2 is 2.16 bits per heavy atom. The number of piperidine rings is 1. The molecule has 1 saturated heterocycles. The highest BCUT2D eigenvalue weighted by molar-refractivity contribution is 5.76. The van der Waals surface area contributed by atoms with Crippen molar-refractivity contribution in [2.75, 3.05) is 26.2 Å². The molecule has 0 bridgehead atoms. The van der Waals surface area contributed by atoms with Crippen molar-refractivity contribution in [2.24, 2.45) is 11.7 Å². The van der Waals surface area contributed by atoms with Gasteiger partial charge >= 0.3 is 0 Å². The van der Waals surface area contributed by atoms with Crippen molar-refractivity contribution in [2.45, 2.75) is 19.3 Å². The molecule has 1 aromatic carbocycles. The minimum Gasteiger partial charge on any atom is -0.493 e. The Morgan fingerprint density at radius 1 is 1.37 bits per heavy atom. The molecule has 2 rings (SSSR count). The van der Waals surface area contributed by atoms with E-state index >= 15 is 0 Å². The van der Waals surface area contributed by atoms with E-state index in [2.05, 4.69) is 0 Å². The topological polar surface area (TPSA) is 55.6 Å². The number of nitrogens with zero attached hydrogens (tertiary/aromatic N) is 1. The Hall–Kier alpha value is -1.55. The summed E-state index contributed by atoms with van der Waals surface area (Å²) >= 11 is 0. The van der Waals surface area contributed by atoms with Gasteiger partial charge in [0.2, 0.25) is 5.91 Å². The van der Waals surface area contributed by atoms with E-state index in [-0.39, 0.29) is 5.91 Å². The van der Waals surface area contributed by atoms with Crippen LogP contribution in [0.25, 0.3) is 0 Å². The summed E-state index contributed by atoms with van der Waals surface area (Å²) in [6, 6.07) is 9.82. The number of amides is 1. The van der Waals surface area contributed by atoms with Crippen LogP contribution in [0.1, 0.15) is 19.3 Å². The molecular weight excluding hydrogens is 240 g/mol. The van der Waals surface area contributed by atoms with E-state index < -0.39 is 0 Å². The maximum absolute atomic E-state index is 11.8. The molecular formula is C15H22N2O2. The number of rotatable bonds is 5. The van der Waals surface area contributed by atoms with E-state index in [9.17, 15) is 4.79 Å². The lowest BCUT2D eigenvalue weighted by Crippen LogP contribution is -2.42. The number of benzene rings is 1. The number of carbonyl (C=O) groups is 1. The van der Waals surface area contributed by atoms with Crippen molar-refractivity contribution < 1.29 is 9.53 Å². The lowest BCUT2D eigenvalue weighted by Gasteiger charge is -2.32. The van der Waals surface area contributed by atoms with Crippen LogP contribution < -0.4 is 10.5 Å². The van der Waals surface area contributed by atoms with Crippen LogP contribution in [0.4, 0.5) is 0 Å². The van der Waals surface area contributed by atoms with Gasteiger partial charge in [-0.2, -0.15) is 0 Å². The molecule has 0 aliphatic carbocycles. The average molecular weight is 262 g/mol. The van der Waals surface area contributed by atoms with Gasteiger partial charge in [0.25, 0.3) is 0 Å². The monoisotopic (exact) mass is 262 g/mol. The van der Waals surface area contributed by atoms with Gasteiger partial charge < -0.3 is 15.4 Å². The molecule has 1 amide bonds. The molecule has 0 aromatic heterocycles. The number of nitrogens with two attached hydrogens (primary N) is 1. The summed E-state index contributed by atoms with van der Waals surface area (Å²) in [4.78, 5) is 13.7. The molecule has 0 radical (unpaired) electrons. The van der Waals surface area contributed by atoms with Crippen LogP contribution in [0.15, 0.2) is 30.3 Å². The quantitative estimate of drug-likeness (QED) is 0.878. The Bertz CT molecular complexity index is 394. The molecule has 104 valence electrons. The number of hydrogen-bond donors (Lipinski definition) is 1. The van der Waals surface area contributed by atoms with E-state index in [1.807, 2.05) is 35.2 Å². The lowest BCUT2D eigenvalue weighted by molar-refractivity contribution is -0.133. The molecule has 19 heavy (non-hydrogen) atoms. The van der Waals surface area contributed by atoms with Crippen LogP contribution in [0.2, 0.25) is 0 Å². The SMILES string of the molecule is NCCC(=O)N1CCCC(COc2ccccc2)C1. The Morgan fingerprint density at radius 3 is 2.89 bits per heavy atom. The molecule has 1 fully saturated rings. The van der Waals surface area contributed by atoms with E-state index in [4.69, 9.17) is 10.5 Å². The maximum Gasteiger partial charge on any atom is 0.223 e. The summed E-state index contributed by atoms with van der Waals surface area (Å²) in [7, 11) is 0. The first kappa shape index (κ1) is 13.9. The standard InChI is InChI=1S/C15H22N2O2/c16-9-8-15(18)17-10-4-5-13(11-17)12-19-14-6-2-1-3-7-14/h1-3,6-7,13H,4-5,8-12,16H2. The fraction of sp³-hybridized carbons (Fsp3) is 0.533. The van der Waals surface area contributed by atoms with Crippen molar-refractivity contribution >= 4 is 5.91 Å². The Balaban J connectivity index is 1.79. The van der Waals surface area contributed by atoms with Gasteiger partial charge in [0.15, 0.2) is 0 Å². The first-order chi connectivity index (χ1) is 9.29. The van der Waals surface area contributed by atoms with Gasteiger partial charge in [-0.05, 0) is 25.0 Å². The molecule has 0 spiro atoms. The fourth-order valence-electron chi connectivity index (χ4n) is 2.44. The number of para-hydroxylation sites is 1. The second kappa shape index (κ2) is 7.14. The molecule has 1 atom stereocenters. The lowest BCUT2D eigenvalue weighted by atomic mass is 9.98. The normalized spacial score (nSPS) is 19.2. The van der Waals surface area contributed by atoms with Crippen LogP contribution in [-0.2, 0) is 4.79 Å². The zero-order chi connectivity index (χ0) is 13.5. The van der Waals surface area contributed by atoms with Crippen LogP contribution in [0.5, 0.6) is 5.75 Å². The van der Waals surface area contributed by atoms with Gasteiger partial charge in [-0.15, -0.1) is 0 Å².